The van der Waals surface area contributed by atoms with Crippen molar-refractivity contribution in [3.8, 4) is 5.40 Å². The predicted molar refractivity (Wildman–Crippen MR) is 41.0 cm³/mol. The van der Waals surface area contributed by atoms with Gasteiger partial charge in [-0.2, -0.15) is 5.26 Å². The number of hydrogen-bond donors (Lipinski definition) is 1. The standard InChI is InChI=1S/C6H8N2OS/c1-5(8)2-6(9)3-10-4-7/h2H,3,8H2,1H3. The minimum atomic E-state index is -0.119. The lowest BCUT2D eigenvalue weighted by Gasteiger charge is -1.88. The Morgan fingerprint density at radius 1 is 1.90 bits per heavy atom. The van der Waals surface area contributed by atoms with Crippen LogP contribution < -0.4 is 5.73 Å². The Morgan fingerprint density at radius 3 is 2.90 bits per heavy atom. The maximum atomic E-state index is 10.7. The van der Waals surface area contributed by atoms with E-state index in [2.05, 4.69) is 0 Å². The molecule has 0 aromatic carbocycles. The van der Waals surface area contributed by atoms with Crippen LogP contribution in [0.5, 0.6) is 0 Å². The van der Waals surface area contributed by atoms with Crippen molar-refractivity contribution in [1.82, 2.24) is 0 Å². The topological polar surface area (TPSA) is 66.9 Å². The van der Waals surface area contributed by atoms with Gasteiger partial charge in [0.05, 0.1) is 5.75 Å². The van der Waals surface area contributed by atoms with Gasteiger partial charge in [0.25, 0.3) is 0 Å². The minimum absolute atomic E-state index is 0.119. The van der Waals surface area contributed by atoms with Gasteiger partial charge in [0.1, 0.15) is 5.40 Å². The number of ketones is 1. The highest BCUT2D eigenvalue weighted by atomic mass is 32.2. The second-order valence-corrected chi connectivity index (χ2v) is 2.49. The molecule has 0 aliphatic carbocycles. The second kappa shape index (κ2) is 4.89. The third-order valence-corrected chi connectivity index (χ3v) is 1.23. The molecule has 2 N–H and O–H groups in total. The number of nitriles is 1. The van der Waals surface area contributed by atoms with Crippen molar-refractivity contribution >= 4 is 17.5 Å². The summed E-state index contributed by atoms with van der Waals surface area (Å²) < 4.78 is 0. The average molecular weight is 156 g/mol. The number of hydrogen-bond acceptors (Lipinski definition) is 4. The summed E-state index contributed by atoms with van der Waals surface area (Å²) >= 11 is 0.914. The van der Waals surface area contributed by atoms with E-state index in [-0.39, 0.29) is 11.5 Å². The summed E-state index contributed by atoms with van der Waals surface area (Å²) in [4.78, 5) is 10.7. The van der Waals surface area contributed by atoms with Crippen molar-refractivity contribution in [2.75, 3.05) is 5.75 Å². The fourth-order valence-corrected chi connectivity index (χ4v) is 0.689. The summed E-state index contributed by atoms with van der Waals surface area (Å²) in [6.45, 7) is 1.63. The number of thioether (sulfide) groups is 1. The van der Waals surface area contributed by atoms with E-state index in [4.69, 9.17) is 11.0 Å². The lowest BCUT2D eigenvalue weighted by Crippen LogP contribution is -2.00. The number of thiocyanates is 1. The average Bonchev–Trinajstić information content (AvgIpc) is 1.82. The van der Waals surface area contributed by atoms with E-state index in [1.165, 1.54) is 6.08 Å². The molecular formula is C6H8N2OS. The van der Waals surface area contributed by atoms with Gasteiger partial charge in [0, 0.05) is 11.8 Å². The summed E-state index contributed by atoms with van der Waals surface area (Å²) in [5.41, 5.74) is 5.69. The van der Waals surface area contributed by atoms with Gasteiger partial charge in [0.2, 0.25) is 0 Å². The third kappa shape index (κ3) is 5.19. The molecule has 0 aromatic heterocycles. The summed E-state index contributed by atoms with van der Waals surface area (Å²) in [7, 11) is 0. The van der Waals surface area contributed by atoms with Crippen LogP contribution in [0.2, 0.25) is 0 Å². The highest BCUT2D eigenvalue weighted by Gasteiger charge is 1.95. The molecular weight excluding hydrogens is 148 g/mol. The molecule has 0 heterocycles. The first-order valence-corrected chi connectivity index (χ1v) is 3.63. The molecule has 0 aromatic rings. The second-order valence-electron chi connectivity index (χ2n) is 1.73. The van der Waals surface area contributed by atoms with E-state index in [0.717, 1.165) is 11.8 Å². The number of carbonyl (C=O) groups is 1. The molecule has 4 heteroatoms. The van der Waals surface area contributed by atoms with Gasteiger partial charge in [-0.3, -0.25) is 4.79 Å². The van der Waals surface area contributed by atoms with Crippen molar-refractivity contribution in [3.05, 3.63) is 11.8 Å². The highest BCUT2D eigenvalue weighted by Crippen LogP contribution is 1.96. The first kappa shape index (κ1) is 9.05. The predicted octanol–water partition coefficient (Wildman–Crippen LogP) is 0.632. The number of rotatable bonds is 3. The smallest absolute Gasteiger partial charge is 0.168 e. The van der Waals surface area contributed by atoms with Crippen LogP contribution in [-0.2, 0) is 4.79 Å². The number of allylic oxidation sites excluding steroid dienone is 2. The van der Waals surface area contributed by atoms with Crippen LogP contribution in [0.25, 0.3) is 0 Å². The number of nitrogens with zero attached hydrogens (tertiary/aromatic N) is 1. The molecule has 0 radical (unpaired) electrons. The Bertz CT molecular complexity index is 188. The van der Waals surface area contributed by atoms with Gasteiger partial charge < -0.3 is 5.73 Å². The SMILES string of the molecule is CC(N)=CC(=O)CSC#N. The highest BCUT2D eigenvalue weighted by molar-refractivity contribution is 8.04. The van der Waals surface area contributed by atoms with E-state index < -0.39 is 0 Å². The van der Waals surface area contributed by atoms with Gasteiger partial charge in [-0.05, 0) is 18.7 Å². The van der Waals surface area contributed by atoms with Crippen molar-refractivity contribution in [3.63, 3.8) is 0 Å². The largest absolute Gasteiger partial charge is 0.402 e. The molecule has 0 amide bonds. The van der Waals surface area contributed by atoms with E-state index in [0.29, 0.717) is 5.70 Å². The molecule has 0 bridgehead atoms. The molecule has 0 aliphatic heterocycles. The molecule has 3 nitrogen and oxygen atoms in total. The Balaban J connectivity index is 3.68. The minimum Gasteiger partial charge on any atom is -0.402 e. The zero-order chi connectivity index (χ0) is 7.98. The van der Waals surface area contributed by atoms with Gasteiger partial charge in [-0.15, -0.1) is 0 Å². The fraction of sp³-hybridized carbons (Fsp3) is 0.333. The first-order chi connectivity index (χ1) is 4.66. The molecule has 0 fully saturated rings. The van der Waals surface area contributed by atoms with Gasteiger partial charge in [0.15, 0.2) is 5.78 Å². The quantitative estimate of drug-likeness (QED) is 0.480. The molecule has 54 valence electrons. The van der Waals surface area contributed by atoms with Crippen molar-refractivity contribution in [2.45, 2.75) is 6.92 Å². The fourth-order valence-electron chi connectivity index (χ4n) is 0.399. The van der Waals surface area contributed by atoms with E-state index in [1.807, 2.05) is 0 Å². The lowest BCUT2D eigenvalue weighted by atomic mass is 10.3. The summed E-state index contributed by atoms with van der Waals surface area (Å²) in [6, 6.07) is 0. The van der Waals surface area contributed by atoms with Gasteiger partial charge in [-0.1, -0.05) is 0 Å². The Labute approximate surface area is 63.9 Å². The summed E-state index contributed by atoms with van der Waals surface area (Å²) in [5.74, 6) is 0.0666. The van der Waals surface area contributed by atoms with E-state index >= 15 is 0 Å². The van der Waals surface area contributed by atoms with E-state index in [9.17, 15) is 4.79 Å². The summed E-state index contributed by atoms with van der Waals surface area (Å²) in [6.07, 6.45) is 1.32. The van der Waals surface area contributed by atoms with Crippen LogP contribution in [0.3, 0.4) is 0 Å². The zero-order valence-electron chi connectivity index (χ0n) is 5.63. The van der Waals surface area contributed by atoms with Crippen LogP contribution in [0, 0.1) is 10.7 Å². The molecule has 0 unspecified atom stereocenters. The van der Waals surface area contributed by atoms with Crippen LogP contribution in [0.4, 0.5) is 0 Å². The number of carbonyl (C=O) groups excluding carboxylic acids is 1. The molecule has 0 saturated heterocycles. The lowest BCUT2D eigenvalue weighted by molar-refractivity contribution is -0.112. The van der Waals surface area contributed by atoms with Crippen LogP contribution in [-0.4, -0.2) is 11.5 Å². The maximum Gasteiger partial charge on any atom is 0.168 e. The van der Waals surface area contributed by atoms with Crippen LogP contribution in [0.15, 0.2) is 11.8 Å². The van der Waals surface area contributed by atoms with Crippen LogP contribution >= 0.6 is 11.8 Å². The third-order valence-electron chi connectivity index (χ3n) is 0.668. The maximum absolute atomic E-state index is 10.7. The van der Waals surface area contributed by atoms with Gasteiger partial charge in [-0.25, -0.2) is 0 Å². The zero-order valence-corrected chi connectivity index (χ0v) is 6.44. The van der Waals surface area contributed by atoms with Crippen molar-refractivity contribution < 1.29 is 4.79 Å². The molecule has 0 aliphatic rings. The van der Waals surface area contributed by atoms with Crippen molar-refractivity contribution in [2.24, 2.45) is 5.73 Å². The molecule has 0 rings (SSSR count). The number of nitrogens with two attached hydrogens (primary N) is 1. The van der Waals surface area contributed by atoms with E-state index in [1.54, 1.807) is 12.3 Å². The normalized spacial score (nSPS) is 10.6. The Kier molecular flexibility index (Phi) is 4.42. The first-order valence-electron chi connectivity index (χ1n) is 2.64. The molecule has 10 heavy (non-hydrogen) atoms. The molecule has 0 atom stereocenters. The molecule has 0 saturated carbocycles. The monoisotopic (exact) mass is 156 g/mol. The molecule has 0 spiro atoms. The van der Waals surface area contributed by atoms with Crippen molar-refractivity contribution in [1.29, 1.82) is 5.26 Å². The summed E-state index contributed by atoms with van der Waals surface area (Å²) in [5, 5.41) is 9.86. The Hall–Kier alpha value is -0.950. The van der Waals surface area contributed by atoms with Gasteiger partial charge >= 0.3 is 0 Å². The van der Waals surface area contributed by atoms with Crippen LogP contribution in [0.1, 0.15) is 6.92 Å². The Morgan fingerprint density at radius 2 is 2.50 bits per heavy atom.